The Kier molecular flexibility index (Phi) is 7.27. The fraction of sp³-hybridized carbons (Fsp3) is 0.458. The number of rotatable bonds is 7. The summed E-state index contributed by atoms with van der Waals surface area (Å²) < 4.78 is 28.2. The lowest BCUT2D eigenvalue weighted by Gasteiger charge is -2.38. The average Bonchev–Trinajstić information content (AvgIpc) is 2.82. The molecule has 1 unspecified atom stereocenters. The summed E-state index contributed by atoms with van der Waals surface area (Å²) in [4.78, 5) is 14.1. The molecule has 0 saturated carbocycles. The van der Waals surface area contributed by atoms with E-state index in [4.69, 9.17) is 23.7 Å². The number of benzene rings is 2. The molecule has 2 heterocycles. The van der Waals surface area contributed by atoms with E-state index in [9.17, 15) is 4.79 Å². The van der Waals surface area contributed by atoms with Gasteiger partial charge in [-0.25, -0.2) is 4.79 Å². The van der Waals surface area contributed by atoms with Crippen LogP contribution >= 0.6 is 0 Å². The largest absolute Gasteiger partial charge is 0.508 e. The van der Waals surface area contributed by atoms with Crippen molar-refractivity contribution in [2.45, 2.75) is 37.8 Å². The number of methoxy groups -OCH3 is 1. The van der Waals surface area contributed by atoms with Crippen molar-refractivity contribution in [3.63, 3.8) is 0 Å². The molecule has 0 N–H and O–H groups in total. The Morgan fingerprint density at radius 3 is 2.65 bits per heavy atom. The molecule has 2 aromatic carbocycles. The van der Waals surface area contributed by atoms with E-state index in [1.165, 1.54) is 7.11 Å². The van der Waals surface area contributed by atoms with Gasteiger partial charge in [0.2, 0.25) is 0 Å². The maximum absolute atomic E-state index is 11.8. The van der Waals surface area contributed by atoms with Crippen LogP contribution in [0.3, 0.4) is 0 Å². The molecule has 0 radical (unpaired) electrons. The molecular weight excluding hydrogens is 398 g/mol. The fourth-order valence-electron chi connectivity index (χ4n) is 3.95. The van der Waals surface area contributed by atoms with Crippen LogP contribution in [-0.2, 0) is 20.8 Å². The maximum atomic E-state index is 11.8. The molecule has 3 atom stereocenters. The van der Waals surface area contributed by atoms with Gasteiger partial charge < -0.3 is 23.7 Å². The molecule has 31 heavy (non-hydrogen) atoms. The Morgan fingerprint density at radius 1 is 1.06 bits per heavy atom. The van der Waals surface area contributed by atoms with Gasteiger partial charge in [-0.2, -0.15) is 0 Å². The quantitative estimate of drug-likeness (QED) is 0.625. The van der Waals surface area contributed by atoms with E-state index in [2.05, 4.69) is 4.90 Å². The third kappa shape index (κ3) is 5.89. The minimum Gasteiger partial charge on any atom is -0.486 e. The minimum absolute atomic E-state index is 0.00179. The number of carbonyl (C=O) groups excluding carboxylic acids is 1. The molecule has 0 bridgehead atoms. The molecule has 2 aromatic rings. The Labute approximate surface area is 182 Å². The summed E-state index contributed by atoms with van der Waals surface area (Å²) in [6.45, 7) is 3.31. The molecule has 2 aliphatic heterocycles. The maximum Gasteiger partial charge on any atom is 0.508 e. The number of hydrogen-bond acceptors (Lipinski definition) is 7. The first kappa shape index (κ1) is 21.5. The molecule has 1 fully saturated rings. The van der Waals surface area contributed by atoms with Crippen LogP contribution in [0.5, 0.6) is 11.5 Å². The lowest BCUT2D eigenvalue weighted by atomic mass is 10.0. The van der Waals surface area contributed by atoms with Crippen molar-refractivity contribution in [2.24, 2.45) is 0 Å². The van der Waals surface area contributed by atoms with E-state index in [1.54, 1.807) is 0 Å². The molecule has 7 nitrogen and oxygen atoms in total. The van der Waals surface area contributed by atoms with Gasteiger partial charge in [0, 0.05) is 26.1 Å². The highest BCUT2D eigenvalue weighted by atomic mass is 16.7. The summed E-state index contributed by atoms with van der Waals surface area (Å²) in [5, 5.41) is 0. The summed E-state index contributed by atoms with van der Waals surface area (Å²) >= 11 is 0. The second kappa shape index (κ2) is 10.5. The minimum atomic E-state index is -0.680. The van der Waals surface area contributed by atoms with E-state index in [0.29, 0.717) is 19.8 Å². The van der Waals surface area contributed by atoms with Crippen molar-refractivity contribution in [3.8, 4) is 11.5 Å². The van der Waals surface area contributed by atoms with Crippen LogP contribution in [0.15, 0.2) is 54.6 Å². The topological polar surface area (TPSA) is 66.5 Å². The number of carbonyl (C=O) groups is 1. The van der Waals surface area contributed by atoms with E-state index in [0.717, 1.165) is 43.0 Å². The zero-order chi connectivity index (χ0) is 21.5. The number of ether oxygens (including phenoxy) is 5. The molecule has 0 aromatic heterocycles. The van der Waals surface area contributed by atoms with Crippen molar-refractivity contribution >= 4 is 6.16 Å². The van der Waals surface area contributed by atoms with Crippen molar-refractivity contribution in [2.75, 3.05) is 33.4 Å². The fourth-order valence-corrected chi connectivity index (χ4v) is 3.95. The number of nitrogens with zero attached hydrogens (tertiary/aromatic N) is 1. The van der Waals surface area contributed by atoms with Crippen LogP contribution in [0.2, 0.25) is 0 Å². The average molecular weight is 427 g/mol. The summed E-state index contributed by atoms with van der Waals surface area (Å²) in [7, 11) is 1.32. The number of hydrogen-bond donors (Lipinski definition) is 0. The first-order valence-corrected chi connectivity index (χ1v) is 10.7. The van der Waals surface area contributed by atoms with Crippen LogP contribution < -0.4 is 9.47 Å². The Bertz CT molecular complexity index is 845. The number of para-hydroxylation sites is 2. The lowest BCUT2D eigenvalue weighted by molar-refractivity contribution is -0.100. The predicted molar refractivity (Wildman–Crippen MR) is 114 cm³/mol. The molecular formula is C24H29NO6. The van der Waals surface area contributed by atoms with Crippen molar-refractivity contribution in [1.82, 2.24) is 4.90 Å². The first-order chi connectivity index (χ1) is 15.2. The number of fused-ring (bicyclic) bond motifs is 1. The number of likely N-dealkylation sites (tertiary alicyclic amines) is 1. The molecule has 4 rings (SSSR count). The normalized spacial score (nSPS) is 23.2. The summed E-state index contributed by atoms with van der Waals surface area (Å²) in [6.07, 6.45) is 0.377. The summed E-state index contributed by atoms with van der Waals surface area (Å²) in [6, 6.07) is 17.7. The van der Waals surface area contributed by atoms with E-state index < -0.39 is 6.16 Å². The van der Waals surface area contributed by atoms with Crippen LogP contribution in [0, 0.1) is 0 Å². The van der Waals surface area contributed by atoms with Gasteiger partial charge >= 0.3 is 6.16 Å². The third-order valence-corrected chi connectivity index (χ3v) is 5.64. The van der Waals surface area contributed by atoms with Gasteiger partial charge in [-0.15, -0.1) is 0 Å². The van der Waals surface area contributed by atoms with Crippen LogP contribution in [-0.4, -0.2) is 62.7 Å². The monoisotopic (exact) mass is 427 g/mol. The molecule has 2 aliphatic rings. The Morgan fingerprint density at radius 2 is 1.84 bits per heavy atom. The highest BCUT2D eigenvalue weighted by Gasteiger charge is 2.34. The highest BCUT2D eigenvalue weighted by Crippen LogP contribution is 2.31. The zero-order valence-corrected chi connectivity index (χ0v) is 17.8. The van der Waals surface area contributed by atoms with Gasteiger partial charge in [0.15, 0.2) is 11.5 Å². The molecule has 166 valence electrons. The van der Waals surface area contributed by atoms with Gasteiger partial charge in [0.05, 0.1) is 19.8 Å². The highest BCUT2D eigenvalue weighted by molar-refractivity contribution is 5.59. The van der Waals surface area contributed by atoms with E-state index >= 15 is 0 Å². The van der Waals surface area contributed by atoms with Gasteiger partial charge in [0.25, 0.3) is 0 Å². The van der Waals surface area contributed by atoms with Crippen LogP contribution in [0.4, 0.5) is 4.79 Å². The molecule has 0 spiro atoms. The van der Waals surface area contributed by atoms with Gasteiger partial charge in [0.1, 0.15) is 18.8 Å². The second-order valence-corrected chi connectivity index (χ2v) is 7.82. The Balaban J connectivity index is 1.29. The van der Waals surface area contributed by atoms with Crippen molar-refractivity contribution < 1.29 is 28.5 Å². The standard InChI is InChI=1S/C24H29NO6/c1-27-24(26)31-23-15-25(14-12-21(23)28-16-18-7-3-2-4-8-18)13-11-19-17-29-20-9-5-6-10-22(20)30-19/h2-10,19,21,23H,11-17H2,1H3/t19?,21-,23-/m0/s1. The molecule has 1 saturated heterocycles. The van der Waals surface area contributed by atoms with Gasteiger partial charge in [-0.05, 0) is 24.1 Å². The van der Waals surface area contributed by atoms with Gasteiger partial charge in [-0.3, -0.25) is 4.90 Å². The number of piperidine rings is 1. The van der Waals surface area contributed by atoms with E-state index in [-0.39, 0.29) is 18.3 Å². The molecule has 0 amide bonds. The first-order valence-electron chi connectivity index (χ1n) is 10.7. The van der Waals surface area contributed by atoms with Crippen molar-refractivity contribution in [1.29, 1.82) is 0 Å². The van der Waals surface area contributed by atoms with Crippen LogP contribution in [0.25, 0.3) is 0 Å². The summed E-state index contributed by atoms with van der Waals surface area (Å²) in [5.74, 6) is 1.58. The van der Waals surface area contributed by atoms with Crippen LogP contribution in [0.1, 0.15) is 18.4 Å². The summed E-state index contributed by atoms with van der Waals surface area (Å²) in [5.41, 5.74) is 1.09. The lowest BCUT2D eigenvalue weighted by Crippen LogP contribution is -2.50. The SMILES string of the molecule is COC(=O)O[C@H]1CN(CCC2COc3ccccc3O2)CC[C@@H]1OCc1ccccc1. The third-order valence-electron chi connectivity index (χ3n) is 5.64. The Hall–Kier alpha value is -2.77. The van der Waals surface area contributed by atoms with Crippen molar-refractivity contribution in [3.05, 3.63) is 60.2 Å². The zero-order valence-electron chi connectivity index (χ0n) is 17.8. The smallest absolute Gasteiger partial charge is 0.486 e. The molecule has 0 aliphatic carbocycles. The molecule has 7 heteroatoms. The second-order valence-electron chi connectivity index (χ2n) is 7.82. The van der Waals surface area contributed by atoms with E-state index in [1.807, 2.05) is 54.6 Å². The predicted octanol–water partition coefficient (Wildman–Crippen LogP) is 3.66. The van der Waals surface area contributed by atoms with Gasteiger partial charge in [-0.1, -0.05) is 42.5 Å².